The molecule has 0 fully saturated rings. The second-order valence-electron chi connectivity index (χ2n) is 6.00. The van der Waals surface area contributed by atoms with Gasteiger partial charge in [-0.1, -0.05) is 41.9 Å². The first-order valence-corrected chi connectivity index (χ1v) is 8.43. The molecule has 25 heavy (non-hydrogen) atoms. The molecule has 4 nitrogen and oxygen atoms in total. The fourth-order valence-electron chi connectivity index (χ4n) is 2.53. The molecule has 0 N–H and O–H groups in total. The number of carbonyl (C=O) groups is 1. The van der Waals surface area contributed by atoms with Crippen molar-refractivity contribution in [1.82, 2.24) is 0 Å². The first-order chi connectivity index (χ1) is 12.0. The van der Waals surface area contributed by atoms with Crippen LogP contribution in [0.5, 0.6) is 0 Å². The van der Waals surface area contributed by atoms with E-state index >= 15 is 0 Å². The molecule has 5 heteroatoms. The van der Waals surface area contributed by atoms with E-state index < -0.39 is 5.97 Å². The highest BCUT2D eigenvalue weighted by atomic mass is 35.5. The van der Waals surface area contributed by atoms with E-state index in [9.17, 15) is 4.79 Å². The molecule has 2 aromatic rings. The minimum absolute atomic E-state index is 0.326. The quantitative estimate of drug-likeness (QED) is 0.592. The number of aliphatic imine (C=N–C) groups is 1. The van der Waals surface area contributed by atoms with Crippen molar-refractivity contribution < 1.29 is 9.53 Å². The predicted molar refractivity (Wildman–Crippen MR) is 102 cm³/mol. The van der Waals surface area contributed by atoms with Gasteiger partial charge in [0, 0.05) is 31.2 Å². The fourth-order valence-corrected chi connectivity index (χ4v) is 2.76. The summed E-state index contributed by atoms with van der Waals surface area (Å²) >= 11 is 6.15. The van der Waals surface area contributed by atoms with Gasteiger partial charge in [-0.25, -0.2) is 9.79 Å². The Bertz CT molecular complexity index is 839. The highest BCUT2D eigenvalue weighted by molar-refractivity contribution is 6.31. The lowest BCUT2D eigenvalue weighted by atomic mass is 10.1. The van der Waals surface area contributed by atoms with Crippen LogP contribution in [0.15, 0.2) is 59.2 Å². The van der Waals surface area contributed by atoms with Gasteiger partial charge in [0.05, 0.1) is 0 Å². The summed E-state index contributed by atoms with van der Waals surface area (Å²) in [6.45, 7) is 0. The number of hydrogen-bond acceptors (Lipinski definition) is 4. The molecule has 0 spiro atoms. The van der Waals surface area contributed by atoms with Crippen molar-refractivity contribution in [3.8, 4) is 0 Å². The van der Waals surface area contributed by atoms with Crippen LogP contribution in [0.4, 0.5) is 5.69 Å². The van der Waals surface area contributed by atoms with E-state index in [0.717, 1.165) is 16.8 Å². The second kappa shape index (κ2) is 7.53. The largest absolute Gasteiger partial charge is 0.407 e. The number of rotatable bonds is 5. The van der Waals surface area contributed by atoms with Crippen molar-refractivity contribution in [3.63, 3.8) is 0 Å². The summed E-state index contributed by atoms with van der Waals surface area (Å²) in [7, 11) is 3.97. The van der Waals surface area contributed by atoms with Gasteiger partial charge in [-0.3, -0.25) is 0 Å². The summed E-state index contributed by atoms with van der Waals surface area (Å²) in [6, 6.07) is 15.5. The third-order valence-electron chi connectivity index (χ3n) is 3.94. The van der Waals surface area contributed by atoms with Gasteiger partial charge in [0.15, 0.2) is 11.6 Å². The molecule has 0 saturated carbocycles. The van der Waals surface area contributed by atoms with Crippen molar-refractivity contribution in [1.29, 1.82) is 0 Å². The van der Waals surface area contributed by atoms with E-state index in [1.54, 1.807) is 6.08 Å². The standard InChI is InChI=1S/C20H19ClN2O2/c1-23(2)16-10-7-14(8-11-16)13-18-20(24)25-19(22-18)12-9-15-5-3-4-6-17(15)21/h3-8,10-11,13H,9,12H2,1-2H3/b18-13+. The van der Waals surface area contributed by atoms with Gasteiger partial charge in [-0.05, 0) is 41.8 Å². The van der Waals surface area contributed by atoms with Gasteiger partial charge in [-0.15, -0.1) is 0 Å². The number of benzene rings is 2. The lowest BCUT2D eigenvalue weighted by Crippen LogP contribution is -2.08. The van der Waals surface area contributed by atoms with Crippen molar-refractivity contribution in [2.45, 2.75) is 12.8 Å². The third kappa shape index (κ3) is 4.28. The SMILES string of the molecule is CN(C)c1ccc(/C=C2/N=C(CCc3ccccc3Cl)OC2=O)cc1. The number of carbonyl (C=O) groups excluding carboxylic acids is 1. The van der Waals surface area contributed by atoms with Crippen LogP contribution in [0.3, 0.4) is 0 Å². The number of hydrogen-bond donors (Lipinski definition) is 0. The molecule has 0 atom stereocenters. The molecular weight excluding hydrogens is 336 g/mol. The predicted octanol–water partition coefficient (Wildman–Crippen LogP) is 4.34. The highest BCUT2D eigenvalue weighted by Crippen LogP contribution is 2.21. The first kappa shape index (κ1) is 17.2. The van der Waals surface area contributed by atoms with Gasteiger partial charge in [0.1, 0.15) is 0 Å². The van der Waals surface area contributed by atoms with Gasteiger partial charge in [0.25, 0.3) is 0 Å². The molecule has 1 aliphatic rings. The Morgan fingerprint density at radius 3 is 2.48 bits per heavy atom. The zero-order valence-corrected chi connectivity index (χ0v) is 15.0. The van der Waals surface area contributed by atoms with E-state index in [-0.39, 0.29) is 0 Å². The molecule has 3 rings (SSSR count). The molecule has 1 aliphatic heterocycles. The number of nitrogens with zero attached hydrogens (tertiary/aromatic N) is 2. The maximum absolute atomic E-state index is 12.0. The molecule has 0 bridgehead atoms. The minimum Gasteiger partial charge on any atom is -0.407 e. The van der Waals surface area contributed by atoms with Crippen molar-refractivity contribution in [2.75, 3.05) is 19.0 Å². The van der Waals surface area contributed by atoms with Crippen molar-refractivity contribution in [3.05, 3.63) is 70.4 Å². The average Bonchev–Trinajstić information content (AvgIpc) is 2.94. The van der Waals surface area contributed by atoms with Crippen LogP contribution in [0.1, 0.15) is 17.5 Å². The maximum Gasteiger partial charge on any atom is 0.363 e. The summed E-state index contributed by atoms with van der Waals surface area (Å²) in [5.74, 6) is 0.0203. The zero-order valence-electron chi connectivity index (χ0n) is 14.2. The molecule has 0 unspecified atom stereocenters. The molecular formula is C20H19ClN2O2. The van der Waals surface area contributed by atoms with Crippen LogP contribution in [0, 0.1) is 0 Å². The average molecular weight is 355 g/mol. The van der Waals surface area contributed by atoms with Crippen molar-refractivity contribution >= 4 is 35.2 Å². The van der Waals surface area contributed by atoms with Crippen LogP contribution >= 0.6 is 11.6 Å². The number of halogens is 1. The fraction of sp³-hybridized carbons (Fsp3) is 0.200. The lowest BCUT2D eigenvalue weighted by molar-refractivity contribution is -0.130. The highest BCUT2D eigenvalue weighted by Gasteiger charge is 2.22. The molecule has 0 saturated heterocycles. The van der Waals surface area contributed by atoms with Gasteiger partial charge < -0.3 is 9.64 Å². The Morgan fingerprint density at radius 1 is 1.08 bits per heavy atom. The summed E-state index contributed by atoms with van der Waals surface area (Å²) < 4.78 is 5.26. The molecule has 0 amide bonds. The number of anilines is 1. The maximum atomic E-state index is 12.0. The van der Waals surface area contributed by atoms with E-state index in [1.807, 2.05) is 67.5 Å². The Morgan fingerprint density at radius 2 is 1.80 bits per heavy atom. The third-order valence-corrected chi connectivity index (χ3v) is 4.31. The van der Waals surface area contributed by atoms with Crippen LogP contribution in [-0.2, 0) is 16.0 Å². The Labute approximate surface area is 152 Å². The first-order valence-electron chi connectivity index (χ1n) is 8.05. The van der Waals surface area contributed by atoms with Crippen LogP contribution in [0.25, 0.3) is 6.08 Å². The lowest BCUT2D eigenvalue weighted by Gasteiger charge is -2.11. The minimum atomic E-state index is -0.411. The number of cyclic esters (lactones) is 1. The Kier molecular flexibility index (Phi) is 5.19. The van der Waals surface area contributed by atoms with E-state index in [4.69, 9.17) is 16.3 Å². The monoisotopic (exact) mass is 354 g/mol. The molecule has 1 heterocycles. The summed E-state index contributed by atoms with van der Waals surface area (Å²) in [4.78, 5) is 18.3. The van der Waals surface area contributed by atoms with Crippen LogP contribution < -0.4 is 4.90 Å². The summed E-state index contributed by atoms with van der Waals surface area (Å²) in [5, 5.41) is 0.712. The van der Waals surface area contributed by atoms with E-state index in [0.29, 0.717) is 29.5 Å². The summed E-state index contributed by atoms with van der Waals surface area (Å²) in [5.41, 5.74) is 3.35. The zero-order chi connectivity index (χ0) is 17.8. The molecule has 2 aromatic carbocycles. The van der Waals surface area contributed by atoms with Gasteiger partial charge >= 0.3 is 5.97 Å². The van der Waals surface area contributed by atoms with Crippen molar-refractivity contribution in [2.24, 2.45) is 4.99 Å². The smallest absolute Gasteiger partial charge is 0.363 e. The summed E-state index contributed by atoms with van der Waals surface area (Å²) in [6.07, 6.45) is 2.95. The van der Waals surface area contributed by atoms with Gasteiger partial charge in [-0.2, -0.15) is 0 Å². The van der Waals surface area contributed by atoms with Crippen LogP contribution in [0.2, 0.25) is 5.02 Å². The molecule has 128 valence electrons. The van der Waals surface area contributed by atoms with Crippen LogP contribution in [-0.4, -0.2) is 26.0 Å². The molecule has 0 aliphatic carbocycles. The van der Waals surface area contributed by atoms with E-state index in [2.05, 4.69) is 4.99 Å². The number of aryl methyl sites for hydroxylation is 1. The Balaban J connectivity index is 1.70. The Hall–Kier alpha value is -2.59. The van der Waals surface area contributed by atoms with Gasteiger partial charge in [0.2, 0.25) is 0 Å². The second-order valence-corrected chi connectivity index (χ2v) is 6.41. The van der Waals surface area contributed by atoms with E-state index in [1.165, 1.54) is 0 Å². The number of esters is 1. The normalized spacial score (nSPS) is 15.2. The molecule has 0 radical (unpaired) electrons. The molecule has 0 aromatic heterocycles. The number of ether oxygens (including phenoxy) is 1. The topological polar surface area (TPSA) is 41.9 Å².